The SMILES string of the molecule is CC(C)(C)C(C#N)CCCCN(OCc1ccccc1)C(=O)O.N=C1CCCCCN1OCc1ccccc1. The molecule has 0 spiro atoms. The molecule has 212 valence electrons. The van der Waals surface area contributed by atoms with Gasteiger partial charge in [0.1, 0.15) is 12.4 Å². The topological polar surface area (TPSA) is 110 Å². The van der Waals surface area contributed by atoms with E-state index in [1.54, 1.807) is 5.06 Å². The highest BCUT2D eigenvalue weighted by Crippen LogP contribution is 2.29. The number of hydrogen-bond donors (Lipinski definition) is 2. The summed E-state index contributed by atoms with van der Waals surface area (Å²) in [5.41, 5.74) is 2.03. The molecule has 0 saturated carbocycles. The van der Waals surface area contributed by atoms with Gasteiger partial charge in [-0.25, -0.2) is 9.86 Å². The number of carboxylic acid groups (broad SMARTS) is 1. The molecule has 1 atom stereocenters. The van der Waals surface area contributed by atoms with Gasteiger partial charge in [0.25, 0.3) is 0 Å². The third-order valence-electron chi connectivity index (χ3n) is 6.55. The van der Waals surface area contributed by atoms with E-state index in [4.69, 9.17) is 15.1 Å². The molecule has 0 aliphatic carbocycles. The van der Waals surface area contributed by atoms with Gasteiger partial charge < -0.3 is 5.11 Å². The summed E-state index contributed by atoms with van der Waals surface area (Å²) >= 11 is 0. The normalized spacial score (nSPS) is 14.4. The fourth-order valence-electron chi connectivity index (χ4n) is 4.09. The zero-order chi connectivity index (χ0) is 28.5. The van der Waals surface area contributed by atoms with E-state index in [1.807, 2.05) is 81.4 Å². The van der Waals surface area contributed by atoms with Crippen molar-refractivity contribution in [1.29, 1.82) is 10.7 Å². The number of nitrogens with zero attached hydrogens (tertiary/aromatic N) is 3. The molecule has 0 radical (unpaired) electrons. The molecule has 1 heterocycles. The number of nitriles is 1. The molecule has 0 aromatic heterocycles. The molecule has 1 unspecified atom stereocenters. The number of unbranched alkanes of at least 4 members (excludes halogenated alkanes) is 1. The van der Waals surface area contributed by atoms with Gasteiger partial charge in [-0.15, -0.1) is 0 Å². The summed E-state index contributed by atoms with van der Waals surface area (Å²) in [5, 5.41) is 29.0. The maximum absolute atomic E-state index is 11.2. The molecule has 1 amide bonds. The minimum atomic E-state index is -1.09. The molecule has 1 fully saturated rings. The molecule has 39 heavy (non-hydrogen) atoms. The molecule has 3 rings (SSSR count). The fraction of sp³-hybridized carbons (Fsp3) is 0.516. The van der Waals surface area contributed by atoms with Crippen molar-refractivity contribution in [2.45, 2.75) is 78.9 Å². The molecule has 2 N–H and O–H groups in total. The van der Waals surface area contributed by atoms with Crippen molar-refractivity contribution in [2.24, 2.45) is 11.3 Å². The van der Waals surface area contributed by atoms with Gasteiger partial charge in [-0.1, -0.05) is 94.3 Å². The van der Waals surface area contributed by atoms with E-state index in [9.17, 15) is 15.2 Å². The third-order valence-corrected chi connectivity index (χ3v) is 6.55. The van der Waals surface area contributed by atoms with Gasteiger partial charge in [0.15, 0.2) is 0 Å². The van der Waals surface area contributed by atoms with Gasteiger partial charge in [-0.2, -0.15) is 10.3 Å². The lowest BCUT2D eigenvalue weighted by atomic mass is 9.79. The molecule has 1 aliphatic heterocycles. The Morgan fingerprint density at radius 3 is 2.21 bits per heavy atom. The van der Waals surface area contributed by atoms with Crippen LogP contribution in [-0.2, 0) is 22.9 Å². The molecule has 8 heteroatoms. The zero-order valence-electron chi connectivity index (χ0n) is 23.6. The maximum atomic E-state index is 11.2. The van der Waals surface area contributed by atoms with Crippen LogP contribution in [0.5, 0.6) is 0 Å². The summed E-state index contributed by atoms with van der Waals surface area (Å²) in [5.74, 6) is 0.597. The van der Waals surface area contributed by atoms with Crippen LogP contribution in [0.25, 0.3) is 0 Å². The number of carbonyl (C=O) groups is 1. The average molecular weight is 537 g/mol. The van der Waals surface area contributed by atoms with Gasteiger partial charge >= 0.3 is 6.09 Å². The van der Waals surface area contributed by atoms with Crippen molar-refractivity contribution in [3.05, 3.63) is 71.8 Å². The Balaban J connectivity index is 0.000000290. The molecular weight excluding hydrogens is 492 g/mol. The molecule has 1 aliphatic rings. The molecule has 1 saturated heterocycles. The number of nitrogens with one attached hydrogen (secondary N) is 1. The predicted molar refractivity (Wildman–Crippen MR) is 153 cm³/mol. The molecule has 8 nitrogen and oxygen atoms in total. The van der Waals surface area contributed by atoms with Crippen molar-refractivity contribution in [2.75, 3.05) is 13.1 Å². The molecular formula is C31H44N4O4. The van der Waals surface area contributed by atoms with Crippen LogP contribution in [-0.4, -0.2) is 40.3 Å². The summed E-state index contributed by atoms with van der Waals surface area (Å²) in [6, 6.07) is 21.9. The first-order chi connectivity index (χ1) is 18.7. The highest BCUT2D eigenvalue weighted by Gasteiger charge is 2.24. The van der Waals surface area contributed by atoms with Crippen molar-refractivity contribution < 1.29 is 19.6 Å². The largest absolute Gasteiger partial charge is 0.463 e. The summed E-state index contributed by atoms with van der Waals surface area (Å²) in [6.45, 7) is 8.10. The Morgan fingerprint density at radius 1 is 1.03 bits per heavy atom. The van der Waals surface area contributed by atoms with Crippen LogP contribution in [0.15, 0.2) is 60.7 Å². The second-order valence-corrected chi connectivity index (χ2v) is 10.8. The van der Waals surface area contributed by atoms with Crippen LogP contribution in [0.1, 0.15) is 76.8 Å². The van der Waals surface area contributed by atoms with Crippen molar-refractivity contribution in [1.82, 2.24) is 10.1 Å². The molecule has 2 aromatic carbocycles. The molecule has 0 bridgehead atoms. The van der Waals surface area contributed by atoms with E-state index >= 15 is 0 Å². The van der Waals surface area contributed by atoms with Crippen LogP contribution in [0.3, 0.4) is 0 Å². The van der Waals surface area contributed by atoms with E-state index in [2.05, 4.69) is 6.07 Å². The highest BCUT2D eigenvalue weighted by molar-refractivity contribution is 5.78. The Bertz CT molecular complexity index is 1020. The minimum Gasteiger partial charge on any atom is -0.463 e. The van der Waals surface area contributed by atoms with Crippen LogP contribution >= 0.6 is 0 Å². The predicted octanol–water partition coefficient (Wildman–Crippen LogP) is 7.43. The standard InChI is InChI=1S/C18H26N2O3.C13H18N2O/c1-18(2,3)16(13-19)11-7-8-12-20(17(21)22)23-14-15-9-5-4-6-10-15;14-13-9-5-2-6-10-15(13)16-11-12-7-3-1-4-8-12/h4-6,9-10,16H,7-8,11-12,14H2,1-3H3,(H,21,22);1,3-4,7-8,14H,2,5-6,9-11H2. The number of hydrogen-bond acceptors (Lipinski definition) is 5. The van der Waals surface area contributed by atoms with Crippen molar-refractivity contribution in [3.63, 3.8) is 0 Å². The van der Waals surface area contributed by atoms with Gasteiger partial charge in [0.2, 0.25) is 0 Å². The second-order valence-electron chi connectivity index (χ2n) is 10.8. The van der Waals surface area contributed by atoms with Crippen LogP contribution in [0, 0.1) is 28.1 Å². The second kappa shape index (κ2) is 17.2. The van der Waals surface area contributed by atoms with Gasteiger partial charge in [-0.05, 0) is 42.2 Å². The minimum absolute atomic E-state index is 0.0222. The smallest absolute Gasteiger partial charge is 0.431 e. The first-order valence-electron chi connectivity index (χ1n) is 13.8. The Hall–Kier alpha value is -3.41. The Morgan fingerprint density at radius 2 is 1.64 bits per heavy atom. The lowest BCUT2D eigenvalue weighted by molar-refractivity contribution is -0.141. The lowest BCUT2D eigenvalue weighted by Gasteiger charge is -2.25. The molecule has 2 aromatic rings. The monoisotopic (exact) mass is 536 g/mol. The fourth-order valence-corrected chi connectivity index (χ4v) is 4.09. The van der Waals surface area contributed by atoms with E-state index in [1.165, 1.54) is 6.42 Å². The van der Waals surface area contributed by atoms with E-state index in [0.717, 1.165) is 54.8 Å². The number of amides is 1. The zero-order valence-corrected chi connectivity index (χ0v) is 23.6. The summed E-state index contributed by atoms with van der Waals surface area (Å²) in [7, 11) is 0. The quantitative estimate of drug-likeness (QED) is 0.228. The van der Waals surface area contributed by atoms with Crippen LogP contribution < -0.4 is 0 Å². The maximum Gasteiger partial charge on any atom is 0.431 e. The van der Waals surface area contributed by atoms with Gasteiger partial charge in [-0.3, -0.25) is 15.1 Å². The van der Waals surface area contributed by atoms with Crippen molar-refractivity contribution >= 4 is 11.9 Å². The Kier molecular flexibility index (Phi) is 14.1. The summed E-state index contributed by atoms with van der Waals surface area (Å²) in [6.07, 6.45) is 5.44. The summed E-state index contributed by atoms with van der Waals surface area (Å²) in [4.78, 5) is 22.2. The van der Waals surface area contributed by atoms with E-state index < -0.39 is 6.09 Å². The number of hydroxylamine groups is 4. The van der Waals surface area contributed by atoms with Crippen molar-refractivity contribution in [3.8, 4) is 6.07 Å². The average Bonchev–Trinajstić information content (AvgIpc) is 3.13. The number of benzene rings is 2. The van der Waals surface area contributed by atoms with E-state index in [0.29, 0.717) is 25.4 Å². The summed E-state index contributed by atoms with van der Waals surface area (Å²) < 4.78 is 0. The van der Waals surface area contributed by atoms with Gasteiger partial charge in [0, 0.05) is 13.0 Å². The van der Waals surface area contributed by atoms with Crippen LogP contribution in [0.4, 0.5) is 4.79 Å². The van der Waals surface area contributed by atoms with E-state index in [-0.39, 0.29) is 17.9 Å². The van der Waals surface area contributed by atoms with Crippen LogP contribution in [0.2, 0.25) is 0 Å². The first kappa shape index (κ1) is 31.8. The first-order valence-corrected chi connectivity index (χ1v) is 13.8. The number of amidine groups is 1. The third kappa shape index (κ3) is 12.8. The van der Waals surface area contributed by atoms with Gasteiger partial charge in [0.05, 0.1) is 25.1 Å². The number of rotatable bonds is 11. The highest BCUT2D eigenvalue weighted by atomic mass is 16.7. The lowest BCUT2D eigenvalue weighted by Crippen LogP contribution is -2.30. The Labute approximate surface area is 233 Å².